The highest BCUT2D eigenvalue weighted by Crippen LogP contribution is 2.37. The third-order valence-electron chi connectivity index (χ3n) is 3.71. The van der Waals surface area contributed by atoms with Gasteiger partial charge in [-0.15, -0.1) is 0 Å². The molecule has 0 aromatic heterocycles. The summed E-state index contributed by atoms with van der Waals surface area (Å²) in [6.07, 6.45) is 2.23. The first-order chi connectivity index (χ1) is 9.52. The van der Waals surface area contributed by atoms with Crippen molar-refractivity contribution in [2.75, 3.05) is 11.5 Å². The van der Waals surface area contributed by atoms with Crippen LogP contribution in [0.3, 0.4) is 0 Å². The smallest absolute Gasteiger partial charge is 0.127 e. The molecule has 0 radical (unpaired) electrons. The normalized spacial score (nSPS) is 17.6. The Morgan fingerprint density at radius 1 is 1.40 bits per heavy atom. The number of ether oxygens (including phenoxy) is 1. The van der Waals surface area contributed by atoms with E-state index in [-0.39, 0.29) is 5.60 Å². The summed E-state index contributed by atoms with van der Waals surface area (Å²) in [5.74, 6) is 3.56. The Morgan fingerprint density at radius 2 is 2.20 bits per heavy atom. The van der Waals surface area contributed by atoms with Gasteiger partial charge in [-0.05, 0) is 44.3 Å². The largest absolute Gasteiger partial charge is 0.487 e. The number of nitrogens with one attached hydrogen (secondary N) is 1. The molecule has 0 saturated heterocycles. The van der Waals surface area contributed by atoms with E-state index < -0.39 is 0 Å². The molecule has 1 aliphatic heterocycles. The fraction of sp³-hybridized carbons (Fsp3) is 0.647. The minimum atomic E-state index is -0.0538. The van der Waals surface area contributed by atoms with Crippen LogP contribution in [0.2, 0.25) is 0 Å². The molecule has 1 unspecified atom stereocenters. The molecule has 1 N–H and O–H groups in total. The van der Waals surface area contributed by atoms with E-state index in [0.29, 0.717) is 6.04 Å². The van der Waals surface area contributed by atoms with E-state index in [1.54, 1.807) is 0 Å². The number of benzene rings is 1. The lowest BCUT2D eigenvalue weighted by Gasteiger charge is -2.19. The maximum atomic E-state index is 6.11. The summed E-state index contributed by atoms with van der Waals surface area (Å²) >= 11 is 2.01. The molecule has 2 rings (SSSR count). The molecule has 0 saturated carbocycles. The topological polar surface area (TPSA) is 21.3 Å². The average Bonchev–Trinajstić information content (AvgIpc) is 2.71. The highest BCUT2D eigenvalue weighted by Gasteiger charge is 2.31. The van der Waals surface area contributed by atoms with Gasteiger partial charge in [0.1, 0.15) is 11.4 Å². The molecule has 112 valence electrons. The zero-order valence-corrected chi connectivity index (χ0v) is 14.0. The Labute approximate surface area is 127 Å². The van der Waals surface area contributed by atoms with Crippen LogP contribution in [-0.4, -0.2) is 23.1 Å². The summed E-state index contributed by atoms with van der Waals surface area (Å²) in [5.41, 5.74) is 2.59. The minimum absolute atomic E-state index is 0.0538. The van der Waals surface area contributed by atoms with Gasteiger partial charge < -0.3 is 10.1 Å². The molecule has 1 aliphatic rings. The molecule has 0 bridgehead atoms. The van der Waals surface area contributed by atoms with Crippen LogP contribution >= 0.6 is 11.8 Å². The Balaban J connectivity index is 1.90. The lowest BCUT2D eigenvalue weighted by Crippen LogP contribution is -2.27. The molecule has 0 fully saturated rings. The zero-order valence-electron chi connectivity index (χ0n) is 13.2. The van der Waals surface area contributed by atoms with Gasteiger partial charge in [-0.25, -0.2) is 0 Å². The van der Waals surface area contributed by atoms with Gasteiger partial charge in [0.15, 0.2) is 0 Å². The van der Waals surface area contributed by atoms with Crippen LogP contribution in [0, 0.1) is 0 Å². The van der Waals surface area contributed by atoms with Crippen molar-refractivity contribution in [3.8, 4) is 5.75 Å². The van der Waals surface area contributed by atoms with E-state index in [1.165, 1.54) is 29.1 Å². The summed E-state index contributed by atoms with van der Waals surface area (Å²) < 4.78 is 6.11. The number of para-hydroxylation sites is 1. The standard InChI is InChI=1S/C17H27NOS/c1-5-20-10-9-13(2)18-12-15-8-6-7-14-11-17(3,4)19-16(14)15/h6-8,13,18H,5,9-12H2,1-4H3. The second-order valence-electron chi connectivity index (χ2n) is 6.21. The van der Waals surface area contributed by atoms with Crippen LogP contribution in [0.15, 0.2) is 18.2 Å². The Morgan fingerprint density at radius 3 is 2.95 bits per heavy atom. The highest BCUT2D eigenvalue weighted by atomic mass is 32.2. The lowest BCUT2D eigenvalue weighted by atomic mass is 10.0. The predicted octanol–water partition coefficient (Wildman–Crippen LogP) is 4.02. The zero-order chi connectivity index (χ0) is 14.6. The van der Waals surface area contributed by atoms with E-state index in [1.807, 2.05) is 11.8 Å². The molecule has 0 aliphatic carbocycles. The Kier molecular flexibility index (Phi) is 5.39. The number of hydrogen-bond donors (Lipinski definition) is 1. The van der Waals surface area contributed by atoms with Crippen molar-refractivity contribution in [3.63, 3.8) is 0 Å². The highest BCUT2D eigenvalue weighted by molar-refractivity contribution is 7.99. The average molecular weight is 293 g/mol. The second kappa shape index (κ2) is 6.86. The number of fused-ring (bicyclic) bond motifs is 1. The summed E-state index contributed by atoms with van der Waals surface area (Å²) in [6.45, 7) is 9.71. The molecule has 20 heavy (non-hydrogen) atoms. The third-order valence-corrected chi connectivity index (χ3v) is 4.65. The van der Waals surface area contributed by atoms with E-state index in [2.05, 4.69) is 51.2 Å². The van der Waals surface area contributed by atoms with Gasteiger partial charge in [0.25, 0.3) is 0 Å². The van der Waals surface area contributed by atoms with Crippen molar-refractivity contribution < 1.29 is 4.74 Å². The van der Waals surface area contributed by atoms with Gasteiger partial charge in [0.2, 0.25) is 0 Å². The number of thioether (sulfide) groups is 1. The molecular formula is C17H27NOS. The van der Waals surface area contributed by atoms with Crippen molar-refractivity contribution in [1.29, 1.82) is 0 Å². The van der Waals surface area contributed by atoms with Gasteiger partial charge in [-0.1, -0.05) is 25.1 Å². The van der Waals surface area contributed by atoms with Crippen LogP contribution in [0.4, 0.5) is 0 Å². The lowest BCUT2D eigenvalue weighted by molar-refractivity contribution is 0.137. The fourth-order valence-corrected chi connectivity index (χ4v) is 3.42. The Hall–Kier alpha value is -0.670. The van der Waals surface area contributed by atoms with Crippen molar-refractivity contribution in [3.05, 3.63) is 29.3 Å². The van der Waals surface area contributed by atoms with Crippen LogP contribution < -0.4 is 10.1 Å². The molecular weight excluding hydrogens is 266 g/mol. The minimum Gasteiger partial charge on any atom is -0.487 e. The van der Waals surface area contributed by atoms with Gasteiger partial charge >= 0.3 is 0 Å². The third kappa shape index (κ3) is 4.16. The molecule has 1 aromatic rings. The molecule has 1 aromatic carbocycles. The summed E-state index contributed by atoms with van der Waals surface area (Å²) in [4.78, 5) is 0. The first-order valence-electron chi connectivity index (χ1n) is 7.63. The molecule has 3 heteroatoms. The van der Waals surface area contributed by atoms with Gasteiger partial charge in [0.05, 0.1) is 0 Å². The van der Waals surface area contributed by atoms with Gasteiger partial charge in [-0.3, -0.25) is 0 Å². The fourth-order valence-electron chi connectivity index (χ4n) is 2.61. The summed E-state index contributed by atoms with van der Waals surface area (Å²) in [5, 5.41) is 3.62. The predicted molar refractivity (Wildman–Crippen MR) is 88.8 cm³/mol. The second-order valence-corrected chi connectivity index (χ2v) is 7.61. The molecule has 2 nitrogen and oxygen atoms in total. The monoisotopic (exact) mass is 293 g/mol. The number of hydrogen-bond acceptors (Lipinski definition) is 3. The van der Waals surface area contributed by atoms with Crippen LogP contribution in [0.25, 0.3) is 0 Å². The first-order valence-corrected chi connectivity index (χ1v) is 8.78. The van der Waals surface area contributed by atoms with E-state index in [9.17, 15) is 0 Å². The van der Waals surface area contributed by atoms with Gasteiger partial charge in [0, 0.05) is 24.6 Å². The van der Waals surface area contributed by atoms with Gasteiger partial charge in [-0.2, -0.15) is 11.8 Å². The van der Waals surface area contributed by atoms with Crippen molar-refractivity contribution in [2.24, 2.45) is 0 Å². The summed E-state index contributed by atoms with van der Waals surface area (Å²) in [6, 6.07) is 7.08. The Bertz CT molecular complexity index is 445. The maximum Gasteiger partial charge on any atom is 0.127 e. The van der Waals surface area contributed by atoms with Crippen molar-refractivity contribution in [2.45, 2.75) is 58.7 Å². The van der Waals surface area contributed by atoms with Crippen molar-refractivity contribution >= 4 is 11.8 Å². The first kappa shape index (κ1) is 15.7. The molecule has 1 heterocycles. The van der Waals surface area contributed by atoms with Crippen molar-refractivity contribution in [1.82, 2.24) is 5.32 Å². The maximum absolute atomic E-state index is 6.11. The molecule has 0 amide bonds. The summed E-state index contributed by atoms with van der Waals surface area (Å²) in [7, 11) is 0. The van der Waals surface area contributed by atoms with Crippen LogP contribution in [0.5, 0.6) is 5.75 Å². The molecule has 1 atom stereocenters. The SMILES string of the molecule is CCSCCC(C)NCc1cccc2c1OC(C)(C)C2. The van der Waals surface area contributed by atoms with E-state index >= 15 is 0 Å². The van der Waals surface area contributed by atoms with E-state index in [4.69, 9.17) is 4.74 Å². The number of rotatable bonds is 7. The van der Waals surface area contributed by atoms with Crippen LogP contribution in [-0.2, 0) is 13.0 Å². The molecule has 0 spiro atoms. The quantitative estimate of drug-likeness (QED) is 0.767. The van der Waals surface area contributed by atoms with Crippen LogP contribution in [0.1, 0.15) is 45.2 Å². The van der Waals surface area contributed by atoms with E-state index in [0.717, 1.165) is 18.7 Å².